The second-order valence-corrected chi connectivity index (χ2v) is 7.87. The third-order valence-electron chi connectivity index (χ3n) is 5.72. The van der Waals surface area contributed by atoms with Crippen LogP contribution in [0.3, 0.4) is 0 Å². The zero-order valence-corrected chi connectivity index (χ0v) is 18.3. The average molecular weight is 443 g/mol. The van der Waals surface area contributed by atoms with Crippen LogP contribution in [0.5, 0.6) is 0 Å². The van der Waals surface area contributed by atoms with Gasteiger partial charge in [0.1, 0.15) is 12.4 Å². The second kappa shape index (κ2) is 7.59. The minimum Gasteiger partial charge on any atom is -0.328 e. The molecule has 3 heterocycles. The van der Waals surface area contributed by atoms with Crippen molar-refractivity contribution in [3.8, 4) is 11.4 Å². The number of carbonyl (C=O) groups is 1. The Morgan fingerprint density at radius 3 is 2.42 bits per heavy atom. The molecule has 0 unspecified atom stereocenters. The van der Waals surface area contributed by atoms with Gasteiger partial charge in [-0.15, -0.1) is 0 Å². The number of benzene rings is 2. The Bertz CT molecular complexity index is 1650. The van der Waals surface area contributed by atoms with Gasteiger partial charge in [-0.05, 0) is 36.4 Å². The first-order valence-electron chi connectivity index (χ1n) is 10.3. The van der Waals surface area contributed by atoms with Crippen molar-refractivity contribution < 1.29 is 4.79 Å². The van der Waals surface area contributed by atoms with Gasteiger partial charge in [-0.3, -0.25) is 14.2 Å². The van der Waals surface area contributed by atoms with E-state index in [1.54, 1.807) is 19.2 Å². The first-order chi connectivity index (χ1) is 15.8. The molecule has 33 heavy (non-hydrogen) atoms. The predicted octanol–water partition coefficient (Wildman–Crippen LogP) is 1.63. The molecular formula is C23H21N7O3. The molecule has 0 aliphatic rings. The summed E-state index contributed by atoms with van der Waals surface area (Å²) in [4.78, 5) is 46.8. The SMILES string of the molecule is Cn1cnc2c1c(=O)n(CC(=O)Nc1ccc(-c3nc4ccccc4n3C)cc1)c(=O)n2C. The van der Waals surface area contributed by atoms with E-state index in [0.717, 1.165) is 27.0 Å². The van der Waals surface area contributed by atoms with Crippen molar-refractivity contribution in [2.45, 2.75) is 6.54 Å². The number of fused-ring (bicyclic) bond motifs is 2. The van der Waals surface area contributed by atoms with Gasteiger partial charge in [0.25, 0.3) is 5.56 Å². The summed E-state index contributed by atoms with van der Waals surface area (Å²) >= 11 is 0. The van der Waals surface area contributed by atoms with Crippen molar-refractivity contribution in [1.29, 1.82) is 0 Å². The molecular weight excluding hydrogens is 422 g/mol. The van der Waals surface area contributed by atoms with Crippen molar-refractivity contribution in [2.24, 2.45) is 21.1 Å². The van der Waals surface area contributed by atoms with Gasteiger partial charge in [-0.25, -0.2) is 19.3 Å². The highest BCUT2D eigenvalue weighted by atomic mass is 16.2. The minimum atomic E-state index is -0.599. The zero-order chi connectivity index (χ0) is 23.3. The molecule has 166 valence electrons. The van der Waals surface area contributed by atoms with Crippen LogP contribution in [0.4, 0.5) is 5.69 Å². The standard InChI is InChI=1S/C23H21N7O3/c1-27-13-24-21-19(27)22(32)30(23(33)29(21)3)12-18(31)25-15-10-8-14(9-11-15)20-26-16-6-4-5-7-17(16)28(20)2/h4-11,13H,12H2,1-3H3,(H,25,31). The molecule has 0 aliphatic heterocycles. The Balaban J connectivity index is 1.39. The lowest BCUT2D eigenvalue weighted by Crippen LogP contribution is -2.42. The van der Waals surface area contributed by atoms with Gasteiger partial charge in [0.2, 0.25) is 5.91 Å². The summed E-state index contributed by atoms with van der Waals surface area (Å²) in [6.07, 6.45) is 1.46. The van der Waals surface area contributed by atoms with E-state index in [1.807, 2.05) is 48.0 Å². The number of nitrogens with zero attached hydrogens (tertiary/aromatic N) is 6. The first-order valence-corrected chi connectivity index (χ1v) is 10.3. The minimum absolute atomic E-state index is 0.261. The number of rotatable bonds is 4. The van der Waals surface area contributed by atoms with Crippen molar-refractivity contribution in [3.63, 3.8) is 0 Å². The summed E-state index contributed by atoms with van der Waals surface area (Å²) in [6.45, 7) is -0.404. The van der Waals surface area contributed by atoms with Crippen molar-refractivity contribution in [3.05, 3.63) is 75.7 Å². The van der Waals surface area contributed by atoms with Gasteiger partial charge in [0.05, 0.1) is 17.4 Å². The highest BCUT2D eigenvalue weighted by Gasteiger charge is 2.17. The van der Waals surface area contributed by atoms with Crippen molar-refractivity contribution in [1.82, 2.24) is 28.2 Å². The molecule has 0 atom stereocenters. The number of aryl methyl sites for hydroxylation is 3. The smallest absolute Gasteiger partial charge is 0.328 e. The molecule has 5 aromatic rings. The fourth-order valence-electron chi connectivity index (χ4n) is 3.99. The van der Waals surface area contributed by atoms with Crippen LogP contribution < -0.4 is 16.6 Å². The maximum atomic E-state index is 12.8. The molecule has 10 heteroatoms. The number of amides is 1. The van der Waals surface area contributed by atoms with E-state index in [2.05, 4.69) is 15.3 Å². The van der Waals surface area contributed by atoms with Crippen LogP contribution in [-0.2, 0) is 32.5 Å². The van der Waals surface area contributed by atoms with Crippen LogP contribution in [0.15, 0.2) is 64.4 Å². The number of para-hydroxylation sites is 2. The van der Waals surface area contributed by atoms with Crippen molar-refractivity contribution in [2.75, 3.05) is 5.32 Å². The highest BCUT2D eigenvalue weighted by Crippen LogP contribution is 2.24. The molecule has 0 aliphatic carbocycles. The van der Waals surface area contributed by atoms with E-state index in [1.165, 1.54) is 22.5 Å². The summed E-state index contributed by atoms with van der Waals surface area (Å²) in [5.41, 5.74) is 2.77. The van der Waals surface area contributed by atoms with Crippen LogP contribution in [0.25, 0.3) is 33.6 Å². The Morgan fingerprint density at radius 2 is 1.70 bits per heavy atom. The maximum absolute atomic E-state index is 12.8. The van der Waals surface area contributed by atoms with Crippen LogP contribution in [-0.4, -0.2) is 34.1 Å². The Labute approximate surface area is 187 Å². The van der Waals surface area contributed by atoms with E-state index in [-0.39, 0.29) is 11.2 Å². The normalized spacial score (nSPS) is 11.4. The summed E-state index contributed by atoms with van der Waals surface area (Å²) in [7, 11) is 5.14. The molecule has 0 fully saturated rings. The molecule has 0 saturated heterocycles. The van der Waals surface area contributed by atoms with Crippen LogP contribution in [0.1, 0.15) is 0 Å². The zero-order valence-electron chi connectivity index (χ0n) is 18.3. The summed E-state index contributed by atoms with van der Waals surface area (Å²) in [6, 6.07) is 15.1. The van der Waals surface area contributed by atoms with Gasteiger partial charge in [-0.2, -0.15) is 0 Å². The number of nitrogens with one attached hydrogen (secondary N) is 1. The largest absolute Gasteiger partial charge is 0.332 e. The fraction of sp³-hybridized carbons (Fsp3) is 0.174. The second-order valence-electron chi connectivity index (χ2n) is 7.87. The Kier molecular flexibility index (Phi) is 4.70. The predicted molar refractivity (Wildman–Crippen MR) is 125 cm³/mol. The molecule has 1 N–H and O–H groups in total. The van der Waals surface area contributed by atoms with E-state index in [9.17, 15) is 14.4 Å². The maximum Gasteiger partial charge on any atom is 0.332 e. The van der Waals surface area contributed by atoms with E-state index in [4.69, 9.17) is 0 Å². The number of carbonyl (C=O) groups excluding carboxylic acids is 1. The molecule has 0 spiro atoms. The summed E-state index contributed by atoms with van der Waals surface area (Å²) < 4.78 is 5.72. The summed E-state index contributed by atoms with van der Waals surface area (Å²) in [5.74, 6) is 0.333. The van der Waals surface area contributed by atoms with E-state index in [0.29, 0.717) is 5.69 Å². The molecule has 3 aromatic heterocycles. The molecule has 5 rings (SSSR count). The lowest BCUT2D eigenvalue weighted by atomic mass is 10.2. The number of imidazole rings is 2. The monoisotopic (exact) mass is 443 g/mol. The number of hydrogen-bond acceptors (Lipinski definition) is 5. The fourth-order valence-corrected chi connectivity index (χ4v) is 3.99. The van der Waals surface area contributed by atoms with E-state index >= 15 is 0 Å². The first kappa shape index (κ1) is 20.4. The molecule has 10 nitrogen and oxygen atoms in total. The summed E-state index contributed by atoms with van der Waals surface area (Å²) in [5, 5.41) is 2.74. The van der Waals surface area contributed by atoms with Crippen LogP contribution in [0.2, 0.25) is 0 Å². The topological polar surface area (TPSA) is 109 Å². The number of aromatic nitrogens is 6. The van der Waals surface area contributed by atoms with Gasteiger partial charge in [0.15, 0.2) is 11.2 Å². The molecule has 2 aromatic carbocycles. The lowest BCUT2D eigenvalue weighted by Gasteiger charge is -2.10. The van der Waals surface area contributed by atoms with Gasteiger partial charge in [-0.1, -0.05) is 12.1 Å². The number of hydrogen-bond donors (Lipinski definition) is 1. The lowest BCUT2D eigenvalue weighted by molar-refractivity contribution is -0.116. The van der Waals surface area contributed by atoms with Gasteiger partial charge >= 0.3 is 5.69 Å². The van der Waals surface area contributed by atoms with E-state index < -0.39 is 23.7 Å². The van der Waals surface area contributed by atoms with Gasteiger partial charge < -0.3 is 14.5 Å². The molecule has 0 radical (unpaired) electrons. The molecule has 0 bridgehead atoms. The average Bonchev–Trinajstić information content (AvgIpc) is 3.36. The highest BCUT2D eigenvalue weighted by molar-refractivity contribution is 5.91. The van der Waals surface area contributed by atoms with Crippen molar-refractivity contribution >= 4 is 33.8 Å². The van der Waals surface area contributed by atoms with Crippen LogP contribution in [0, 0.1) is 0 Å². The molecule has 0 saturated carbocycles. The third kappa shape index (κ3) is 3.32. The van der Waals surface area contributed by atoms with Gasteiger partial charge in [0, 0.05) is 32.4 Å². The number of anilines is 1. The third-order valence-corrected chi connectivity index (χ3v) is 5.72. The quantitative estimate of drug-likeness (QED) is 0.454. The Morgan fingerprint density at radius 1 is 0.970 bits per heavy atom. The Hall–Kier alpha value is -4.47. The molecule has 1 amide bonds. The van der Waals surface area contributed by atoms with Crippen LogP contribution >= 0.6 is 0 Å².